The third-order valence-corrected chi connectivity index (χ3v) is 3.41. The molecule has 0 saturated heterocycles. The molecule has 1 rings (SSSR count). The van der Waals surface area contributed by atoms with Crippen LogP contribution in [0.3, 0.4) is 0 Å². The van der Waals surface area contributed by atoms with Crippen LogP contribution < -0.4 is 5.32 Å². The number of nitrogens with one attached hydrogen (secondary N) is 1. The fourth-order valence-corrected chi connectivity index (χ4v) is 1.94. The van der Waals surface area contributed by atoms with Gasteiger partial charge in [-0.25, -0.2) is 4.79 Å². The summed E-state index contributed by atoms with van der Waals surface area (Å²) in [5.41, 5.74) is -0.118. The van der Waals surface area contributed by atoms with E-state index in [4.69, 9.17) is 0 Å². The van der Waals surface area contributed by atoms with E-state index in [2.05, 4.69) is 5.32 Å². The second-order valence-electron chi connectivity index (χ2n) is 4.48. The molecule has 0 bridgehead atoms. The summed E-state index contributed by atoms with van der Waals surface area (Å²) in [6.45, 7) is 5.19. The van der Waals surface area contributed by atoms with Gasteiger partial charge in [0.1, 0.15) is 5.54 Å². The molecule has 0 spiro atoms. The first-order valence-electron chi connectivity index (χ1n) is 6.13. The topological polar surface area (TPSA) is 92.5 Å². The Balaban J connectivity index is 3.14. The lowest BCUT2D eigenvalue weighted by Crippen LogP contribution is -2.45. The fraction of sp³-hybridized carbons (Fsp3) is 0.462. The van der Waals surface area contributed by atoms with Gasteiger partial charge in [-0.1, -0.05) is 19.9 Å². The van der Waals surface area contributed by atoms with Gasteiger partial charge in [0.15, 0.2) is 0 Å². The number of aliphatic carboxylic acids is 1. The summed E-state index contributed by atoms with van der Waals surface area (Å²) in [6.07, 6.45) is 0.779. The minimum Gasteiger partial charge on any atom is -0.480 e. The molecule has 104 valence electrons. The van der Waals surface area contributed by atoms with E-state index in [0.29, 0.717) is 24.1 Å². The summed E-state index contributed by atoms with van der Waals surface area (Å²) in [7, 11) is 0. The molecule has 6 heteroatoms. The normalized spacial score (nSPS) is 11.1. The Morgan fingerprint density at radius 2 is 2.00 bits per heavy atom. The van der Waals surface area contributed by atoms with E-state index in [-0.39, 0.29) is 5.69 Å². The number of aryl methyl sites for hydroxylation is 1. The average molecular weight is 266 g/mol. The third-order valence-electron chi connectivity index (χ3n) is 3.41. The molecule has 6 nitrogen and oxygen atoms in total. The number of carboxylic acids is 1. The Hall–Kier alpha value is -2.11. The van der Waals surface area contributed by atoms with Crippen LogP contribution in [0.25, 0.3) is 0 Å². The van der Waals surface area contributed by atoms with Crippen LogP contribution in [-0.2, 0) is 4.79 Å². The van der Waals surface area contributed by atoms with Crippen LogP contribution in [0.4, 0.5) is 11.4 Å². The molecule has 0 heterocycles. The first-order valence-corrected chi connectivity index (χ1v) is 6.13. The summed E-state index contributed by atoms with van der Waals surface area (Å²) < 4.78 is 0. The number of hydrogen-bond acceptors (Lipinski definition) is 4. The first-order chi connectivity index (χ1) is 8.86. The predicted molar refractivity (Wildman–Crippen MR) is 72.4 cm³/mol. The molecular weight excluding hydrogens is 248 g/mol. The van der Waals surface area contributed by atoms with Crippen molar-refractivity contribution in [2.75, 3.05) is 5.32 Å². The van der Waals surface area contributed by atoms with E-state index in [0.717, 1.165) is 0 Å². The van der Waals surface area contributed by atoms with E-state index in [9.17, 15) is 20.0 Å². The molecular formula is C13H18N2O4. The van der Waals surface area contributed by atoms with Crippen molar-refractivity contribution in [3.05, 3.63) is 33.9 Å². The molecule has 0 aliphatic heterocycles. The minimum absolute atomic E-state index is 0.0171. The number of nitrogens with zero attached hydrogens (tertiary/aromatic N) is 1. The van der Waals surface area contributed by atoms with E-state index < -0.39 is 16.4 Å². The number of nitro groups is 1. The highest BCUT2D eigenvalue weighted by Gasteiger charge is 2.34. The molecule has 0 fully saturated rings. The molecule has 0 unspecified atom stereocenters. The lowest BCUT2D eigenvalue weighted by Gasteiger charge is -2.29. The van der Waals surface area contributed by atoms with E-state index in [1.165, 1.54) is 6.07 Å². The van der Waals surface area contributed by atoms with E-state index in [1.807, 2.05) is 0 Å². The maximum Gasteiger partial charge on any atom is 0.329 e. The van der Waals surface area contributed by atoms with E-state index in [1.54, 1.807) is 32.9 Å². The number of nitro benzene ring substituents is 1. The zero-order chi connectivity index (χ0) is 14.6. The van der Waals surface area contributed by atoms with Crippen molar-refractivity contribution in [3.63, 3.8) is 0 Å². The molecule has 19 heavy (non-hydrogen) atoms. The average Bonchev–Trinajstić information content (AvgIpc) is 2.37. The molecule has 0 saturated carbocycles. The molecule has 1 aromatic rings. The zero-order valence-corrected chi connectivity index (χ0v) is 11.3. The largest absolute Gasteiger partial charge is 0.480 e. The molecule has 0 atom stereocenters. The quantitative estimate of drug-likeness (QED) is 0.610. The lowest BCUT2D eigenvalue weighted by molar-refractivity contribution is -0.385. The van der Waals surface area contributed by atoms with Gasteiger partial charge in [0.2, 0.25) is 0 Å². The molecule has 0 aromatic heterocycles. The first kappa shape index (κ1) is 14.9. The minimum atomic E-state index is -1.09. The van der Waals surface area contributed by atoms with Crippen molar-refractivity contribution in [2.45, 2.75) is 39.2 Å². The Morgan fingerprint density at radius 1 is 1.42 bits per heavy atom. The number of anilines is 1. The second kappa shape index (κ2) is 5.69. The van der Waals surface area contributed by atoms with Crippen molar-refractivity contribution in [3.8, 4) is 0 Å². The highest BCUT2D eigenvalue weighted by atomic mass is 16.6. The molecule has 0 radical (unpaired) electrons. The van der Waals surface area contributed by atoms with Gasteiger partial charge in [-0.2, -0.15) is 0 Å². The Bertz CT molecular complexity index is 495. The molecule has 1 aromatic carbocycles. The van der Waals surface area contributed by atoms with Crippen LogP contribution in [0.5, 0.6) is 0 Å². The van der Waals surface area contributed by atoms with Crippen LogP contribution >= 0.6 is 0 Å². The fourth-order valence-electron chi connectivity index (χ4n) is 1.94. The smallest absolute Gasteiger partial charge is 0.329 e. The number of carbonyl (C=O) groups is 1. The Morgan fingerprint density at radius 3 is 2.42 bits per heavy atom. The van der Waals surface area contributed by atoms with Gasteiger partial charge in [0.25, 0.3) is 5.69 Å². The standard InChI is InChI=1S/C13H18N2O4/c1-4-13(5-2,12(16)17)14-10-7-6-9(3)11(8-10)15(18)19/h6-8,14H,4-5H2,1-3H3,(H,16,17). The van der Waals surface area contributed by atoms with Gasteiger partial charge >= 0.3 is 5.97 Å². The van der Waals surface area contributed by atoms with Crippen molar-refractivity contribution in [2.24, 2.45) is 0 Å². The van der Waals surface area contributed by atoms with Gasteiger partial charge in [0.05, 0.1) is 4.92 Å². The SMILES string of the molecule is CCC(CC)(Nc1ccc(C)c([N+](=O)[O-])c1)C(=O)O. The number of benzene rings is 1. The predicted octanol–water partition coefficient (Wildman–Crippen LogP) is 2.96. The van der Waals surface area contributed by atoms with Crippen LogP contribution in [0.1, 0.15) is 32.3 Å². The highest BCUT2D eigenvalue weighted by Crippen LogP contribution is 2.27. The number of hydrogen-bond donors (Lipinski definition) is 2. The Kier molecular flexibility index (Phi) is 4.47. The monoisotopic (exact) mass is 266 g/mol. The van der Waals surface area contributed by atoms with Crippen LogP contribution in [0.2, 0.25) is 0 Å². The number of rotatable bonds is 6. The van der Waals surface area contributed by atoms with Gasteiger partial charge in [-0.15, -0.1) is 0 Å². The summed E-state index contributed by atoms with van der Waals surface area (Å²) in [6, 6.07) is 4.64. The van der Waals surface area contributed by atoms with Crippen molar-refractivity contribution in [1.82, 2.24) is 0 Å². The summed E-state index contributed by atoms with van der Waals surface area (Å²) in [4.78, 5) is 21.8. The van der Waals surface area contributed by atoms with Crippen molar-refractivity contribution >= 4 is 17.3 Å². The second-order valence-corrected chi connectivity index (χ2v) is 4.48. The van der Waals surface area contributed by atoms with Crippen LogP contribution in [0.15, 0.2) is 18.2 Å². The summed E-state index contributed by atoms with van der Waals surface area (Å²) in [5.74, 6) is -0.958. The molecule has 0 amide bonds. The maximum absolute atomic E-state index is 11.4. The van der Waals surface area contributed by atoms with Gasteiger partial charge in [0, 0.05) is 17.3 Å². The highest BCUT2D eigenvalue weighted by molar-refractivity contribution is 5.83. The number of carboxylic acid groups (broad SMARTS) is 1. The van der Waals surface area contributed by atoms with Gasteiger partial charge in [-0.3, -0.25) is 10.1 Å². The Labute approximate surface area is 111 Å². The van der Waals surface area contributed by atoms with Crippen molar-refractivity contribution < 1.29 is 14.8 Å². The molecule has 0 aliphatic rings. The van der Waals surface area contributed by atoms with Gasteiger partial charge in [-0.05, 0) is 25.8 Å². The van der Waals surface area contributed by atoms with Crippen molar-refractivity contribution in [1.29, 1.82) is 0 Å². The van der Waals surface area contributed by atoms with E-state index >= 15 is 0 Å². The molecule has 0 aliphatic carbocycles. The lowest BCUT2D eigenvalue weighted by atomic mass is 9.92. The molecule has 2 N–H and O–H groups in total. The summed E-state index contributed by atoms with van der Waals surface area (Å²) in [5, 5.41) is 23.1. The maximum atomic E-state index is 11.4. The third kappa shape index (κ3) is 3.01. The van der Waals surface area contributed by atoms with Crippen LogP contribution in [-0.4, -0.2) is 21.5 Å². The zero-order valence-electron chi connectivity index (χ0n) is 11.3. The van der Waals surface area contributed by atoms with Crippen LogP contribution in [0, 0.1) is 17.0 Å². The van der Waals surface area contributed by atoms with Gasteiger partial charge < -0.3 is 10.4 Å². The summed E-state index contributed by atoms with van der Waals surface area (Å²) >= 11 is 0.